The lowest BCUT2D eigenvalue weighted by Crippen LogP contribution is -2.12. The molecule has 0 aliphatic rings. The van der Waals surface area contributed by atoms with E-state index < -0.39 is 5.97 Å². The molecular weight excluding hydrogens is 238 g/mol. The number of hydrogen-bond acceptors (Lipinski definition) is 6. The SMILES string of the molecule is CCOCOC(=O)c1cc(OC)cc(OC)c1N. The van der Waals surface area contributed by atoms with Gasteiger partial charge in [-0.05, 0) is 13.0 Å². The summed E-state index contributed by atoms with van der Waals surface area (Å²) in [6.07, 6.45) is 0. The number of hydrogen-bond donors (Lipinski definition) is 1. The van der Waals surface area contributed by atoms with Gasteiger partial charge in [-0.25, -0.2) is 4.79 Å². The van der Waals surface area contributed by atoms with Crippen LogP contribution in [0.2, 0.25) is 0 Å². The maximum absolute atomic E-state index is 11.8. The first-order chi connectivity index (χ1) is 8.63. The van der Waals surface area contributed by atoms with Crippen LogP contribution < -0.4 is 15.2 Å². The van der Waals surface area contributed by atoms with Crippen LogP contribution >= 0.6 is 0 Å². The van der Waals surface area contributed by atoms with Crippen molar-refractivity contribution in [3.63, 3.8) is 0 Å². The number of carbonyl (C=O) groups excluding carboxylic acids is 1. The summed E-state index contributed by atoms with van der Waals surface area (Å²) in [6, 6.07) is 3.08. The van der Waals surface area contributed by atoms with Gasteiger partial charge in [0.05, 0.1) is 25.5 Å². The second kappa shape index (κ2) is 6.70. The van der Waals surface area contributed by atoms with E-state index in [0.717, 1.165) is 0 Å². The van der Waals surface area contributed by atoms with Gasteiger partial charge in [0.1, 0.15) is 11.5 Å². The molecule has 0 atom stereocenters. The van der Waals surface area contributed by atoms with E-state index in [1.165, 1.54) is 20.3 Å². The van der Waals surface area contributed by atoms with Gasteiger partial charge in [0, 0.05) is 12.7 Å². The Kier molecular flexibility index (Phi) is 5.26. The Bertz CT molecular complexity index is 419. The molecule has 100 valence electrons. The first kappa shape index (κ1) is 14.1. The summed E-state index contributed by atoms with van der Waals surface area (Å²) in [5, 5.41) is 0. The molecule has 6 nitrogen and oxygen atoms in total. The van der Waals surface area contributed by atoms with Crippen LogP contribution in [0.25, 0.3) is 0 Å². The molecule has 0 bridgehead atoms. The summed E-state index contributed by atoms with van der Waals surface area (Å²) in [5.74, 6) is 0.236. The Hall–Kier alpha value is -1.95. The van der Waals surface area contributed by atoms with Crippen molar-refractivity contribution in [2.24, 2.45) is 0 Å². The van der Waals surface area contributed by atoms with Gasteiger partial charge in [-0.1, -0.05) is 0 Å². The normalized spacial score (nSPS) is 9.94. The van der Waals surface area contributed by atoms with Crippen molar-refractivity contribution in [3.05, 3.63) is 17.7 Å². The Labute approximate surface area is 106 Å². The minimum atomic E-state index is -0.585. The summed E-state index contributed by atoms with van der Waals surface area (Å²) in [5.41, 5.74) is 6.19. The third-order valence-electron chi connectivity index (χ3n) is 2.27. The fourth-order valence-electron chi connectivity index (χ4n) is 1.31. The van der Waals surface area contributed by atoms with Gasteiger partial charge in [-0.3, -0.25) is 0 Å². The summed E-state index contributed by atoms with van der Waals surface area (Å²) in [6.45, 7) is 2.15. The quantitative estimate of drug-likeness (QED) is 0.358. The van der Waals surface area contributed by atoms with Crippen LogP contribution in [0.3, 0.4) is 0 Å². The maximum atomic E-state index is 11.8. The molecular formula is C12H17NO5. The van der Waals surface area contributed by atoms with Gasteiger partial charge in [-0.15, -0.1) is 0 Å². The molecule has 0 aromatic heterocycles. The number of anilines is 1. The first-order valence-electron chi connectivity index (χ1n) is 5.40. The number of carbonyl (C=O) groups is 1. The average molecular weight is 255 g/mol. The standard InChI is InChI=1S/C12H17NO5/c1-4-17-7-18-12(14)9-5-8(15-2)6-10(16-3)11(9)13/h5-6H,4,7,13H2,1-3H3. The number of nitrogens with two attached hydrogens (primary N) is 1. The van der Waals surface area contributed by atoms with Gasteiger partial charge in [0.15, 0.2) is 6.79 Å². The molecule has 0 spiro atoms. The van der Waals surface area contributed by atoms with Crippen LogP contribution in [0.15, 0.2) is 12.1 Å². The van der Waals surface area contributed by atoms with Crippen molar-refractivity contribution in [2.45, 2.75) is 6.92 Å². The number of benzene rings is 1. The molecule has 6 heteroatoms. The fraction of sp³-hybridized carbons (Fsp3) is 0.417. The zero-order chi connectivity index (χ0) is 13.5. The monoisotopic (exact) mass is 255 g/mol. The molecule has 1 rings (SSSR count). The van der Waals surface area contributed by atoms with Gasteiger partial charge < -0.3 is 24.7 Å². The van der Waals surface area contributed by atoms with Crippen LogP contribution in [0.4, 0.5) is 5.69 Å². The van der Waals surface area contributed by atoms with Gasteiger partial charge >= 0.3 is 5.97 Å². The molecule has 1 aromatic rings. The first-order valence-corrected chi connectivity index (χ1v) is 5.40. The molecule has 0 saturated carbocycles. The van der Waals surface area contributed by atoms with Crippen molar-refractivity contribution in [1.29, 1.82) is 0 Å². The lowest BCUT2D eigenvalue weighted by Gasteiger charge is -2.12. The highest BCUT2D eigenvalue weighted by atomic mass is 16.7. The van der Waals surface area contributed by atoms with E-state index in [0.29, 0.717) is 18.1 Å². The van der Waals surface area contributed by atoms with Crippen LogP contribution in [-0.4, -0.2) is 33.6 Å². The van der Waals surface area contributed by atoms with Crippen LogP contribution in [0.1, 0.15) is 17.3 Å². The highest BCUT2D eigenvalue weighted by Crippen LogP contribution is 2.31. The minimum absolute atomic E-state index is 0.117. The molecule has 0 unspecified atom stereocenters. The predicted molar refractivity (Wildman–Crippen MR) is 65.9 cm³/mol. The predicted octanol–water partition coefficient (Wildman–Crippen LogP) is 1.44. The second-order valence-corrected chi connectivity index (χ2v) is 3.33. The third-order valence-corrected chi connectivity index (χ3v) is 2.27. The lowest BCUT2D eigenvalue weighted by molar-refractivity contribution is -0.0274. The summed E-state index contributed by atoms with van der Waals surface area (Å²) in [7, 11) is 2.95. The van der Waals surface area contributed by atoms with Crippen molar-refractivity contribution in [2.75, 3.05) is 33.4 Å². The molecule has 0 radical (unpaired) electrons. The van der Waals surface area contributed by atoms with E-state index in [1.807, 2.05) is 0 Å². The van der Waals surface area contributed by atoms with Crippen LogP contribution in [0, 0.1) is 0 Å². The molecule has 0 aliphatic carbocycles. The van der Waals surface area contributed by atoms with E-state index in [2.05, 4.69) is 0 Å². The Balaban J connectivity index is 2.95. The molecule has 0 saturated heterocycles. The van der Waals surface area contributed by atoms with Gasteiger partial charge in [-0.2, -0.15) is 0 Å². The molecule has 0 aliphatic heterocycles. The number of nitrogen functional groups attached to an aromatic ring is 1. The number of methoxy groups -OCH3 is 2. The molecule has 0 heterocycles. The van der Waals surface area contributed by atoms with Gasteiger partial charge in [0.25, 0.3) is 0 Å². The largest absolute Gasteiger partial charge is 0.497 e. The van der Waals surface area contributed by atoms with Crippen molar-refractivity contribution in [3.8, 4) is 11.5 Å². The second-order valence-electron chi connectivity index (χ2n) is 3.33. The molecule has 18 heavy (non-hydrogen) atoms. The Morgan fingerprint density at radius 2 is 2.00 bits per heavy atom. The van der Waals surface area contributed by atoms with E-state index >= 15 is 0 Å². The van der Waals surface area contributed by atoms with Crippen LogP contribution in [-0.2, 0) is 9.47 Å². The van der Waals surface area contributed by atoms with Crippen molar-refractivity contribution < 1.29 is 23.7 Å². The van der Waals surface area contributed by atoms with Crippen LogP contribution in [0.5, 0.6) is 11.5 Å². The van der Waals surface area contributed by atoms with Gasteiger partial charge in [0.2, 0.25) is 0 Å². The molecule has 1 aromatic carbocycles. The van der Waals surface area contributed by atoms with E-state index in [1.54, 1.807) is 13.0 Å². The average Bonchev–Trinajstić information content (AvgIpc) is 2.39. The number of ether oxygens (including phenoxy) is 4. The third kappa shape index (κ3) is 3.27. The molecule has 0 amide bonds. The smallest absolute Gasteiger partial charge is 0.342 e. The Morgan fingerprint density at radius 3 is 2.56 bits per heavy atom. The fourth-order valence-corrected chi connectivity index (χ4v) is 1.31. The Morgan fingerprint density at radius 1 is 1.28 bits per heavy atom. The zero-order valence-electron chi connectivity index (χ0n) is 10.7. The molecule has 2 N–H and O–H groups in total. The zero-order valence-corrected chi connectivity index (χ0v) is 10.7. The maximum Gasteiger partial charge on any atom is 0.342 e. The molecule has 0 fully saturated rings. The number of esters is 1. The van der Waals surface area contributed by atoms with Crippen molar-refractivity contribution >= 4 is 11.7 Å². The minimum Gasteiger partial charge on any atom is -0.497 e. The lowest BCUT2D eigenvalue weighted by atomic mass is 10.1. The topological polar surface area (TPSA) is 80.0 Å². The number of rotatable bonds is 6. The van der Waals surface area contributed by atoms with E-state index in [9.17, 15) is 4.79 Å². The van der Waals surface area contributed by atoms with E-state index in [4.69, 9.17) is 24.7 Å². The summed E-state index contributed by atoms with van der Waals surface area (Å²) >= 11 is 0. The highest BCUT2D eigenvalue weighted by molar-refractivity contribution is 5.97. The summed E-state index contributed by atoms with van der Waals surface area (Å²) in [4.78, 5) is 11.8. The summed E-state index contributed by atoms with van der Waals surface area (Å²) < 4.78 is 19.9. The highest BCUT2D eigenvalue weighted by Gasteiger charge is 2.17. The van der Waals surface area contributed by atoms with Crippen molar-refractivity contribution in [1.82, 2.24) is 0 Å². The van der Waals surface area contributed by atoms with E-state index in [-0.39, 0.29) is 18.0 Å².